The van der Waals surface area contributed by atoms with E-state index in [0.717, 1.165) is 12.0 Å². The van der Waals surface area contributed by atoms with Gasteiger partial charge in [-0.25, -0.2) is 4.99 Å². The van der Waals surface area contributed by atoms with Crippen LogP contribution in [0.15, 0.2) is 101 Å². The van der Waals surface area contributed by atoms with Gasteiger partial charge in [0, 0.05) is 5.56 Å². The number of benzene rings is 2. The van der Waals surface area contributed by atoms with E-state index in [1.54, 1.807) is 0 Å². The van der Waals surface area contributed by atoms with Gasteiger partial charge in [0.15, 0.2) is 5.84 Å². The van der Waals surface area contributed by atoms with Crippen molar-refractivity contribution in [3.8, 4) is 0 Å². The van der Waals surface area contributed by atoms with Crippen molar-refractivity contribution in [2.75, 3.05) is 6.54 Å². The van der Waals surface area contributed by atoms with Gasteiger partial charge in [0.2, 0.25) is 0 Å². The zero-order chi connectivity index (χ0) is 16.6. The Labute approximate surface area is 143 Å². The maximum absolute atomic E-state index is 4.63. The lowest BCUT2D eigenvalue weighted by Gasteiger charge is -2.04. The van der Waals surface area contributed by atoms with Gasteiger partial charge in [0.05, 0.1) is 6.54 Å². The van der Waals surface area contributed by atoms with E-state index in [4.69, 9.17) is 0 Å². The molecular formula is C22H20N2. The van der Waals surface area contributed by atoms with Crippen molar-refractivity contribution >= 4 is 18.1 Å². The fourth-order valence-electron chi connectivity index (χ4n) is 2.62. The summed E-state index contributed by atoms with van der Waals surface area (Å²) in [5.41, 5.74) is 4.74. The van der Waals surface area contributed by atoms with Crippen LogP contribution in [0, 0.1) is 0 Å². The van der Waals surface area contributed by atoms with Gasteiger partial charge in [-0.05, 0) is 29.8 Å². The Morgan fingerprint density at radius 2 is 1.67 bits per heavy atom. The summed E-state index contributed by atoms with van der Waals surface area (Å²) in [5.74, 6) is 0.692. The van der Waals surface area contributed by atoms with Gasteiger partial charge in [-0.15, -0.1) is 0 Å². The standard InChI is InChI=1S/C22H20N2/c1-23-22(21-12-6-3-7-13-21)24-17-18-9-8-14-20(16-15-18)19-10-4-2-5-11-19/h2-14,16H,1,15,17H2. The van der Waals surface area contributed by atoms with E-state index in [-0.39, 0.29) is 0 Å². The number of hydrogen-bond acceptors (Lipinski definition) is 1. The minimum absolute atomic E-state index is 0.631. The first-order chi connectivity index (χ1) is 11.9. The van der Waals surface area contributed by atoms with Crippen LogP contribution in [0.5, 0.6) is 0 Å². The van der Waals surface area contributed by atoms with E-state index >= 15 is 0 Å². The molecule has 0 heterocycles. The number of rotatable bonds is 4. The third-order valence-corrected chi connectivity index (χ3v) is 3.91. The highest BCUT2D eigenvalue weighted by Crippen LogP contribution is 2.21. The second-order valence-electron chi connectivity index (χ2n) is 5.58. The number of nitrogens with zero attached hydrogens (tertiary/aromatic N) is 2. The fourth-order valence-corrected chi connectivity index (χ4v) is 2.62. The van der Waals surface area contributed by atoms with E-state index in [0.29, 0.717) is 12.4 Å². The van der Waals surface area contributed by atoms with Gasteiger partial charge in [-0.3, -0.25) is 4.99 Å². The average molecular weight is 312 g/mol. The van der Waals surface area contributed by atoms with Crippen LogP contribution >= 0.6 is 0 Å². The third kappa shape index (κ3) is 4.05. The van der Waals surface area contributed by atoms with Crippen molar-refractivity contribution in [1.29, 1.82) is 0 Å². The molecule has 0 atom stereocenters. The molecule has 118 valence electrons. The Hall–Kier alpha value is -3.00. The summed E-state index contributed by atoms with van der Waals surface area (Å²) >= 11 is 0. The van der Waals surface area contributed by atoms with Gasteiger partial charge in [0.25, 0.3) is 0 Å². The van der Waals surface area contributed by atoms with Crippen molar-refractivity contribution in [3.63, 3.8) is 0 Å². The largest absolute Gasteiger partial charge is 0.262 e. The van der Waals surface area contributed by atoms with Crippen molar-refractivity contribution in [3.05, 3.63) is 102 Å². The molecule has 2 heteroatoms. The molecule has 24 heavy (non-hydrogen) atoms. The summed E-state index contributed by atoms with van der Waals surface area (Å²) in [6.45, 7) is 4.28. The van der Waals surface area contributed by atoms with Crippen molar-refractivity contribution < 1.29 is 0 Å². The van der Waals surface area contributed by atoms with Gasteiger partial charge in [0.1, 0.15) is 0 Å². The summed E-state index contributed by atoms with van der Waals surface area (Å²) in [6.07, 6.45) is 9.53. The molecule has 1 aliphatic carbocycles. The Kier molecular flexibility index (Phi) is 5.31. The smallest absolute Gasteiger partial charge is 0.154 e. The molecular weight excluding hydrogens is 292 g/mol. The molecule has 0 N–H and O–H groups in total. The second-order valence-corrected chi connectivity index (χ2v) is 5.58. The van der Waals surface area contributed by atoms with Crippen LogP contribution in [0.2, 0.25) is 0 Å². The van der Waals surface area contributed by atoms with Crippen LogP contribution in [0.25, 0.3) is 5.57 Å². The third-order valence-electron chi connectivity index (χ3n) is 3.91. The first kappa shape index (κ1) is 15.9. The summed E-state index contributed by atoms with van der Waals surface area (Å²) in [6, 6.07) is 20.4. The highest BCUT2D eigenvalue weighted by Gasteiger charge is 2.04. The SMILES string of the molecule is C=NC(=NCC1=CC=CC(c2ccccc2)=CC1)c1ccccc1. The maximum Gasteiger partial charge on any atom is 0.154 e. The summed E-state index contributed by atoms with van der Waals surface area (Å²) in [5, 5.41) is 0. The first-order valence-corrected chi connectivity index (χ1v) is 8.05. The van der Waals surface area contributed by atoms with E-state index in [1.807, 2.05) is 36.4 Å². The minimum atomic E-state index is 0.631. The van der Waals surface area contributed by atoms with Gasteiger partial charge in [-0.1, -0.05) is 85.0 Å². The molecule has 0 bridgehead atoms. The van der Waals surface area contributed by atoms with E-state index in [9.17, 15) is 0 Å². The second kappa shape index (κ2) is 8.02. The predicted octanol–water partition coefficient (Wildman–Crippen LogP) is 5.10. The maximum atomic E-state index is 4.63. The molecule has 0 fully saturated rings. The molecule has 0 saturated carbocycles. The van der Waals surface area contributed by atoms with Crippen LogP contribution in [-0.4, -0.2) is 19.1 Å². The topological polar surface area (TPSA) is 24.7 Å². The molecule has 2 aromatic rings. The lowest BCUT2D eigenvalue weighted by molar-refractivity contribution is 1.07. The summed E-state index contributed by atoms with van der Waals surface area (Å²) in [4.78, 5) is 8.70. The van der Waals surface area contributed by atoms with E-state index < -0.39 is 0 Å². The molecule has 1 aliphatic rings. The first-order valence-electron chi connectivity index (χ1n) is 8.05. The normalized spacial score (nSPS) is 14.6. The number of allylic oxidation sites excluding steroid dienone is 5. The molecule has 0 unspecified atom stereocenters. The molecule has 3 rings (SSSR count). The van der Waals surface area contributed by atoms with Gasteiger partial charge in [-0.2, -0.15) is 0 Å². The average Bonchev–Trinajstić information content (AvgIpc) is 2.90. The molecule has 0 aromatic heterocycles. The molecule has 0 amide bonds. The number of amidine groups is 1. The van der Waals surface area contributed by atoms with Crippen LogP contribution < -0.4 is 0 Å². The molecule has 2 nitrogen and oxygen atoms in total. The summed E-state index contributed by atoms with van der Waals surface area (Å²) < 4.78 is 0. The van der Waals surface area contributed by atoms with Gasteiger partial charge >= 0.3 is 0 Å². The Balaban J connectivity index is 1.72. The number of aliphatic imine (C=N–C) groups is 2. The van der Waals surface area contributed by atoms with Crippen LogP contribution in [-0.2, 0) is 0 Å². The molecule has 0 radical (unpaired) electrons. The monoisotopic (exact) mass is 312 g/mol. The summed E-state index contributed by atoms with van der Waals surface area (Å²) in [7, 11) is 0. The Morgan fingerprint density at radius 3 is 2.38 bits per heavy atom. The zero-order valence-corrected chi connectivity index (χ0v) is 13.6. The molecule has 2 aromatic carbocycles. The van der Waals surface area contributed by atoms with Crippen LogP contribution in [0.1, 0.15) is 17.5 Å². The van der Waals surface area contributed by atoms with E-state index in [2.05, 4.69) is 65.3 Å². The van der Waals surface area contributed by atoms with Crippen LogP contribution in [0.3, 0.4) is 0 Å². The lowest BCUT2D eigenvalue weighted by Crippen LogP contribution is -1.99. The lowest BCUT2D eigenvalue weighted by atomic mass is 10.0. The highest BCUT2D eigenvalue weighted by atomic mass is 14.9. The predicted molar refractivity (Wildman–Crippen MR) is 104 cm³/mol. The molecule has 0 saturated heterocycles. The van der Waals surface area contributed by atoms with Crippen LogP contribution in [0.4, 0.5) is 0 Å². The van der Waals surface area contributed by atoms with Gasteiger partial charge < -0.3 is 0 Å². The van der Waals surface area contributed by atoms with Crippen molar-refractivity contribution in [2.24, 2.45) is 9.98 Å². The highest BCUT2D eigenvalue weighted by molar-refractivity contribution is 6.01. The fraction of sp³-hybridized carbons (Fsp3) is 0.0909. The zero-order valence-electron chi connectivity index (χ0n) is 13.6. The molecule has 0 spiro atoms. The van der Waals surface area contributed by atoms with E-state index in [1.165, 1.54) is 16.7 Å². The minimum Gasteiger partial charge on any atom is -0.262 e. The molecule has 0 aliphatic heterocycles. The Bertz CT molecular complexity index is 810. The van der Waals surface area contributed by atoms with Crippen molar-refractivity contribution in [2.45, 2.75) is 6.42 Å². The quantitative estimate of drug-likeness (QED) is 0.554. The van der Waals surface area contributed by atoms with Crippen molar-refractivity contribution in [1.82, 2.24) is 0 Å². The number of hydrogen-bond donors (Lipinski definition) is 0. The Morgan fingerprint density at radius 1 is 0.958 bits per heavy atom.